The van der Waals surface area contributed by atoms with Crippen LogP contribution < -0.4 is 21.3 Å². The molecule has 1 amide bonds. The van der Waals surface area contributed by atoms with Crippen LogP contribution in [0.3, 0.4) is 0 Å². The lowest BCUT2D eigenvalue weighted by molar-refractivity contribution is 0.0933. The number of rotatable bonds is 6. The maximum absolute atomic E-state index is 12.1. The first-order valence-corrected chi connectivity index (χ1v) is 10.5. The molecule has 9 heteroatoms. The Kier molecular flexibility index (Phi) is 6.24. The highest BCUT2D eigenvalue weighted by molar-refractivity contribution is 5.92. The van der Waals surface area contributed by atoms with Gasteiger partial charge in [0.2, 0.25) is 0 Å². The van der Waals surface area contributed by atoms with Gasteiger partial charge >= 0.3 is 0 Å². The van der Waals surface area contributed by atoms with Crippen molar-refractivity contribution >= 4 is 22.6 Å². The summed E-state index contributed by atoms with van der Waals surface area (Å²) in [5.74, 6) is -0.255. The summed E-state index contributed by atoms with van der Waals surface area (Å²) < 4.78 is 0. The van der Waals surface area contributed by atoms with E-state index >= 15 is 0 Å². The van der Waals surface area contributed by atoms with Gasteiger partial charge in [0.05, 0.1) is 22.9 Å². The van der Waals surface area contributed by atoms with Crippen LogP contribution in [0.1, 0.15) is 28.5 Å². The fourth-order valence-corrected chi connectivity index (χ4v) is 3.82. The van der Waals surface area contributed by atoms with E-state index in [2.05, 4.69) is 35.6 Å². The van der Waals surface area contributed by atoms with Gasteiger partial charge in [0.15, 0.2) is 0 Å². The number of fused-ring (bicyclic) bond motifs is 1. The Hall–Kier alpha value is -3.30. The number of anilines is 1. The second-order valence-electron chi connectivity index (χ2n) is 7.62. The SMILES string of the molecule is CCc1cc2ncc(CN3CCN(c4ccc(C(=O)NNC)nc4)CC3)cc2[nH]c1=O. The van der Waals surface area contributed by atoms with Crippen molar-refractivity contribution in [3.63, 3.8) is 0 Å². The maximum atomic E-state index is 12.1. The third kappa shape index (κ3) is 4.73. The Morgan fingerprint density at radius 1 is 1.13 bits per heavy atom. The zero-order chi connectivity index (χ0) is 21.8. The number of aryl methyl sites for hydroxylation is 1. The molecule has 4 rings (SSSR count). The predicted molar refractivity (Wildman–Crippen MR) is 120 cm³/mol. The molecule has 3 aromatic heterocycles. The minimum absolute atomic E-state index is 0.0365. The zero-order valence-electron chi connectivity index (χ0n) is 17.8. The molecule has 4 heterocycles. The minimum atomic E-state index is -0.255. The van der Waals surface area contributed by atoms with E-state index in [1.54, 1.807) is 19.3 Å². The summed E-state index contributed by atoms with van der Waals surface area (Å²) in [6.45, 7) is 6.32. The topological polar surface area (TPSA) is 106 Å². The molecule has 0 saturated carbocycles. The molecule has 0 unspecified atom stereocenters. The molecule has 3 N–H and O–H groups in total. The smallest absolute Gasteiger partial charge is 0.283 e. The molecule has 0 radical (unpaired) electrons. The molecule has 31 heavy (non-hydrogen) atoms. The number of aromatic nitrogens is 3. The van der Waals surface area contributed by atoms with Crippen molar-refractivity contribution in [2.75, 3.05) is 38.1 Å². The Bertz CT molecular complexity index is 1120. The number of nitrogens with zero attached hydrogens (tertiary/aromatic N) is 4. The summed E-state index contributed by atoms with van der Waals surface area (Å²) in [5, 5.41) is 0. The molecular formula is C22H27N7O2. The summed E-state index contributed by atoms with van der Waals surface area (Å²) in [7, 11) is 1.64. The van der Waals surface area contributed by atoms with Crippen LogP contribution in [0.4, 0.5) is 5.69 Å². The number of aromatic amines is 1. The Morgan fingerprint density at radius 3 is 2.61 bits per heavy atom. The van der Waals surface area contributed by atoms with E-state index < -0.39 is 0 Å². The molecule has 0 aliphatic carbocycles. The number of carbonyl (C=O) groups is 1. The number of H-pyrrole nitrogens is 1. The van der Waals surface area contributed by atoms with Gasteiger partial charge in [0.25, 0.3) is 11.5 Å². The average Bonchev–Trinajstić information content (AvgIpc) is 2.79. The number of hydrogen-bond acceptors (Lipinski definition) is 7. The summed E-state index contributed by atoms with van der Waals surface area (Å²) in [4.78, 5) is 40.3. The second kappa shape index (κ2) is 9.23. The van der Waals surface area contributed by atoms with Gasteiger partial charge < -0.3 is 9.88 Å². The monoisotopic (exact) mass is 421 g/mol. The highest BCUT2D eigenvalue weighted by atomic mass is 16.2. The molecule has 3 aromatic rings. The van der Waals surface area contributed by atoms with Crippen LogP contribution >= 0.6 is 0 Å². The predicted octanol–water partition coefficient (Wildman–Crippen LogP) is 1.07. The molecule has 1 aliphatic rings. The van der Waals surface area contributed by atoms with Crippen molar-refractivity contribution in [3.8, 4) is 0 Å². The van der Waals surface area contributed by atoms with Crippen LogP contribution in [0.15, 0.2) is 41.5 Å². The van der Waals surface area contributed by atoms with Crippen molar-refractivity contribution in [2.24, 2.45) is 0 Å². The molecule has 0 spiro atoms. The number of carbonyl (C=O) groups excluding carboxylic acids is 1. The molecule has 162 valence electrons. The first kappa shape index (κ1) is 21.0. The van der Waals surface area contributed by atoms with E-state index in [9.17, 15) is 9.59 Å². The largest absolute Gasteiger partial charge is 0.368 e. The standard InChI is InChI=1S/C22H27N7O2/c1-3-16-11-19-20(26-21(16)30)10-15(12-24-19)14-28-6-8-29(9-7-28)17-4-5-18(25-13-17)22(31)27-23-2/h4-5,10-13,23H,3,6-9,14H2,1-2H3,(H,26,30)(H,27,31). The first-order chi connectivity index (χ1) is 15.1. The molecule has 1 aliphatic heterocycles. The van der Waals surface area contributed by atoms with E-state index in [1.165, 1.54) is 0 Å². The second-order valence-corrected chi connectivity index (χ2v) is 7.62. The van der Waals surface area contributed by atoms with E-state index in [0.717, 1.165) is 60.6 Å². The fraction of sp³-hybridized carbons (Fsp3) is 0.364. The van der Waals surface area contributed by atoms with E-state index in [4.69, 9.17) is 0 Å². The molecule has 0 aromatic carbocycles. The highest BCUT2D eigenvalue weighted by Crippen LogP contribution is 2.18. The zero-order valence-corrected chi connectivity index (χ0v) is 17.8. The summed E-state index contributed by atoms with van der Waals surface area (Å²) >= 11 is 0. The van der Waals surface area contributed by atoms with Crippen LogP contribution in [0.25, 0.3) is 11.0 Å². The molecule has 0 bridgehead atoms. The van der Waals surface area contributed by atoms with Gasteiger partial charge in [-0.05, 0) is 36.2 Å². The van der Waals surface area contributed by atoms with Gasteiger partial charge in [-0.2, -0.15) is 0 Å². The third-order valence-electron chi connectivity index (χ3n) is 5.57. The Labute approximate surface area is 180 Å². The van der Waals surface area contributed by atoms with Crippen LogP contribution in [0, 0.1) is 0 Å². The van der Waals surface area contributed by atoms with Crippen molar-refractivity contribution < 1.29 is 4.79 Å². The number of pyridine rings is 3. The van der Waals surface area contributed by atoms with Crippen LogP contribution in [0.2, 0.25) is 0 Å². The number of hydrazine groups is 1. The Balaban J connectivity index is 1.37. The maximum Gasteiger partial charge on any atom is 0.283 e. The first-order valence-electron chi connectivity index (χ1n) is 10.5. The lowest BCUT2D eigenvalue weighted by atomic mass is 10.1. The summed E-state index contributed by atoms with van der Waals surface area (Å²) in [6, 6.07) is 7.56. The molecule has 1 fully saturated rings. The minimum Gasteiger partial charge on any atom is -0.368 e. The quantitative estimate of drug-likeness (QED) is 0.511. The van der Waals surface area contributed by atoms with E-state index in [1.807, 2.05) is 31.3 Å². The number of amides is 1. The van der Waals surface area contributed by atoms with Crippen molar-refractivity contribution in [2.45, 2.75) is 19.9 Å². The van der Waals surface area contributed by atoms with Crippen LogP contribution in [0.5, 0.6) is 0 Å². The van der Waals surface area contributed by atoms with Gasteiger partial charge in [-0.15, -0.1) is 0 Å². The van der Waals surface area contributed by atoms with E-state index in [-0.39, 0.29) is 11.5 Å². The fourth-order valence-electron chi connectivity index (χ4n) is 3.82. The van der Waals surface area contributed by atoms with Gasteiger partial charge in [-0.1, -0.05) is 6.92 Å². The summed E-state index contributed by atoms with van der Waals surface area (Å²) in [5.41, 5.74) is 9.93. The van der Waals surface area contributed by atoms with Crippen molar-refractivity contribution in [3.05, 3.63) is 63.8 Å². The van der Waals surface area contributed by atoms with Crippen molar-refractivity contribution in [1.82, 2.24) is 30.7 Å². The molecule has 9 nitrogen and oxygen atoms in total. The number of hydrogen-bond donors (Lipinski definition) is 3. The van der Waals surface area contributed by atoms with Crippen LogP contribution in [-0.2, 0) is 13.0 Å². The van der Waals surface area contributed by atoms with Crippen LogP contribution in [-0.4, -0.2) is 59.0 Å². The third-order valence-corrected chi connectivity index (χ3v) is 5.57. The highest BCUT2D eigenvalue weighted by Gasteiger charge is 2.18. The van der Waals surface area contributed by atoms with Gasteiger partial charge in [0, 0.05) is 51.5 Å². The molecular weight excluding hydrogens is 394 g/mol. The van der Waals surface area contributed by atoms with E-state index in [0.29, 0.717) is 12.1 Å². The lowest BCUT2D eigenvalue weighted by Crippen LogP contribution is -2.46. The number of piperazine rings is 1. The van der Waals surface area contributed by atoms with Gasteiger partial charge in [-0.3, -0.25) is 24.9 Å². The molecule has 0 atom stereocenters. The van der Waals surface area contributed by atoms with Gasteiger partial charge in [0.1, 0.15) is 5.69 Å². The molecule has 1 saturated heterocycles. The average molecular weight is 422 g/mol. The summed E-state index contributed by atoms with van der Waals surface area (Å²) in [6.07, 6.45) is 4.33. The van der Waals surface area contributed by atoms with Crippen molar-refractivity contribution in [1.29, 1.82) is 0 Å². The normalized spacial score (nSPS) is 14.7. The lowest BCUT2D eigenvalue weighted by Gasteiger charge is -2.36. The number of nitrogens with one attached hydrogen (secondary N) is 3. The Morgan fingerprint density at radius 2 is 1.94 bits per heavy atom. The van der Waals surface area contributed by atoms with Gasteiger partial charge in [-0.25, -0.2) is 10.4 Å².